The van der Waals surface area contributed by atoms with Gasteiger partial charge in [-0.1, -0.05) is 37.6 Å². The van der Waals surface area contributed by atoms with E-state index in [1.807, 2.05) is 45.9 Å². The maximum Gasteiger partial charge on any atom is 0.168 e. The van der Waals surface area contributed by atoms with Gasteiger partial charge in [-0.25, -0.2) is 0 Å². The lowest BCUT2D eigenvalue weighted by Crippen LogP contribution is -2.27. The Morgan fingerprint density at radius 1 is 1.31 bits per heavy atom. The molecule has 0 saturated heterocycles. The summed E-state index contributed by atoms with van der Waals surface area (Å²) >= 11 is 0. The third-order valence-corrected chi connectivity index (χ3v) is 3.01. The summed E-state index contributed by atoms with van der Waals surface area (Å²) in [4.78, 5) is 12.3. The highest BCUT2D eigenvalue weighted by Crippen LogP contribution is 2.27. The summed E-state index contributed by atoms with van der Waals surface area (Å²) in [6.07, 6.45) is 0.721. The summed E-state index contributed by atoms with van der Waals surface area (Å²) in [7, 11) is 0. The van der Waals surface area contributed by atoms with Gasteiger partial charge in [0.15, 0.2) is 5.78 Å². The van der Waals surface area contributed by atoms with E-state index in [0.717, 1.165) is 17.5 Å². The first kappa shape index (κ1) is 12.9. The minimum Gasteiger partial charge on any atom is -0.330 e. The zero-order valence-electron chi connectivity index (χ0n) is 10.6. The molecule has 0 radical (unpaired) electrons. The van der Waals surface area contributed by atoms with Gasteiger partial charge in [-0.15, -0.1) is 0 Å². The fraction of sp³-hybridized carbons (Fsp3) is 0.500. The number of benzene rings is 1. The molecule has 0 aromatic heterocycles. The molecule has 0 atom stereocenters. The van der Waals surface area contributed by atoms with Crippen LogP contribution < -0.4 is 5.73 Å². The van der Waals surface area contributed by atoms with Gasteiger partial charge < -0.3 is 5.73 Å². The second-order valence-corrected chi connectivity index (χ2v) is 5.07. The zero-order chi connectivity index (χ0) is 12.3. The Bertz CT molecular complexity index is 394. The van der Waals surface area contributed by atoms with E-state index < -0.39 is 0 Å². The Labute approximate surface area is 97.9 Å². The molecular formula is C14H21NO. The number of carbonyl (C=O) groups excluding carboxylic acids is 1. The molecule has 0 heterocycles. The molecule has 0 spiro atoms. The minimum absolute atomic E-state index is 0.190. The molecular weight excluding hydrogens is 198 g/mol. The third kappa shape index (κ3) is 2.70. The van der Waals surface area contributed by atoms with Crippen molar-refractivity contribution in [3.05, 3.63) is 34.9 Å². The summed E-state index contributed by atoms with van der Waals surface area (Å²) in [6, 6.07) is 5.95. The minimum atomic E-state index is -0.366. The van der Waals surface area contributed by atoms with Crippen molar-refractivity contribution in [3.63, 3.8) is 0 Å². The molecule has 88 valence electrons. The monoisotopic (exact) mass is 219 g/mol. The van der Waals surface area contributed by atoms with Crippen LogP contribution in [-0.4, -0.2) is 12.3 Å². The summed E-state index contributed by atoms with van der Waals surface area (Å²) in [5.41, 5.74) is 8.23. The molecule has 2 heteroatoms. The number of Topliss-reactive ketones (excluding diaryl/α,β-unsaturated/α-hetero) is 1. The normalized spacial score (nSPS) is 11.6. The maximum atomic E-state index is 12.3. The zero-order valence-corrected chi connectivity index (χ0v) is 10.6. The van der Waals surface area contributed by atoms with Crippen LogP contribution in [0.1, 0.15) is 41.8 Å². The van der Waals surface area contributed by atoms with Crippen molar-refractivity contribution in [1.29, 1.82) is 0 Å². The van der Waals surface area contributed by atoms with Gasteiger partial charge in [-0.3, -0.25) is 4.79 Å². The Morgan fingerprint density at radius 3 is 2.44 bits per heavy atom. The van der Waals surface area contributed by atoms with Crippen LogP contribution in [0.15, 0.2) is 18.2 Å². The van der Waals surface area contributed by atoms with Gasteiger partial charge in [0.1, 0.15) is 0 Å². The molecule has 2 N–H and O–H groups in total. The number of hydrogen-bond acceptors (Lipinski definition) is 2. The van der Waals surface area contributed by atoms with E-state index in [1.54, 1.807) is 0 Å². The van der Waals surface area contributed by atoms with Crippen molar-refractivity contribution in [1.82, 2.24) is 0 Å². The second-order valence-electron chi connectivity index (χ2n) is 5.07. The van der Waals surface area contributed by atoms with Gasteiger partial charge >= 0.3 is 0 Å². The number of nitrogens with two attached hydrogens (primary N) is 1. The van der Waals surface area contributed by atoms with Gasteiger partial charge in [0, 0.05) is 11.0 Å². The van der Waals surface area contributed by atoms with Crippen molar-refractivity contribution in [2.24, 2.45) is 11.1 Å². The van der Waals surface area contributed by atoms with Crippen molar-refractivity contribution < 1.29 is 4.79 Å². The van der Waals surface area contributed by atoms with Crippen LogP contribution in [0.4, 0.5) is 0 Å². The maximum absolute atomic E-state index is 12.3. The lowest BCUT2D eigenvalue weighted by Gasteiger charge is -2.23. The average Bonchev–Trinajstić information content (AvgIpc) is 2.16. The van der Waals surface area contributed by atoms with Crippen LogP contribution in [0.5, 0.6) is 0 Å². The average molecular weight is 219 g/mol. The summed E-state index contributed by atoms with van der Waals surface area (Å²) in [6.45, 7) is 8.48. The molecule has 0 saturated carbocycles. The molecule has 16 heavy (non-hydrogen) atoms. The number of carbonyl (C=O) groups is 1. The Kier molecular flexibility index (Phi) is 3.87. The molecule has 1 rings (SSSR count). The molecule has 1 aromatic carbocycles. The number of ketones is 1. The topological polar surface area (TPSA) is 43.1 Å². The second kappa shape index (κ2) is 4.79. The van der Waals surface area contributed by atoms with Crippen LogP contribution in [0.25, 0.3) is 0 Å². The van der Waals surface area contributed by atoms with Crippen molar-refractivity contribution in [2.45, 2.75) is 34.1 Å². The van der Waals surface area contributed by atoms with Crippen LogP contribution in [0.3, 0.4) is 0 Å². The smallest absolute Gasteiger partial charge is 0.168 e. The third-order valence-electron chi connectivity index (χ3n) is 3.01. The molecule has 2 nitrogen and oxygen atoms in total. The molecule has 0 fully saturated rings. The van der Waals surface area contributed by atoms with E-state index in [9.17, 15) is 4.79 Å². The van der Waals surface area contributed by atoms with E-state index in [4.69, 9.17) is 5.73 Å². The Morgan fingerprint density at radius 2 is 1.94 bits per heavy atom. The molecule has 1 aromatic rings. The fourth-order valence-corrected chi connectivity index (χ4v) is 1.91. The van der Waals surface area contributed by atoms with E-state index in [-0.39, 0.29) is 11.2 Å². The van der Waals surface area contributed by atoms with E-state index in [0.29, 0.717) is 6.54 Å². The lowest BCUT2D eigenvalue weighted by atomic mass is 9.80. The van der Waals surface area contributed by atoms with Gasteiger partial charge in [0.25, 0.3) is 0 Å². The van der Waals surface area contributed by atoms with Crippen molar-refractivity contribution in [2.75, 3.05) is 6.54 Å². The van der Waals surface area contributed by atoms with E-state index in [1.165, 1.54) is 5.56 Å². The highest BCUT2D eigenvalue weighted by molar-refractivity contribution is 6.01. The lowest BCUT2D eigenvalue weighted by molar-refractivity contribution is 0.0829. The van der Waals surface area contributed by atoms with E-state index in [2.05, 4.69) is 0 Å². The standard InChI is InChI=1S/C14H21NO/c1-10-5-6-12(11(2)9-10)13(16)14(3,4)7-8-15/h5-6,9H,7-8,15H2,1-4H3. The quantitative estimate of drug-likeness (QED) is 0.791. The summed E-state index contributed by atoms with van der Waals surface area (Å²) in [5, 5.41) is 0. The highest BCUT2D eigenvalue weighted by Gasteiger charge is 2.28. The molecule has 0 bridgehead atoms. The van der Waals surface area contributed by atoms with E-state index >= 15 is 0 Å². The largest absolute Gasteiger partial charge is 0.330 e. The van der Waals surface area contributed by atoms with Gasteiger partial charge in [-0.05, 0) is 32.4 Å². The molecule has 0 amide bonds. The van der Waals surface area contributed by atoms with Crippen LogP contribution in [0, 0.1) is 19.3 Å². The van der Waals surface area contributed by atoms with Crippen LogP contribution in [0.2, 0.25) is 0 Å². The predicted molar refractivity (Wildman–Crippen MR) is 67.7 cm³/mol. The SMILES string of the molecule is Cc1ccc(C(=O)C(C)(C)CCN)c(C)c1. The fourth-order valence-electron chi connectivity index (χ4n) is 1.91. The number of aryl methyl sites for hydroxylation is 2. The first-order valence-corrected chi connectivity index (χ1v) is 5.70. The summed E-state index contributed by atoms with van der Waals surface area (Å²) < 4.78 is 0. The van der Waals surface area contributed by atoms with Crippen molar-refractivity contribution >= 4 is 5.78 Å². The first-order valence-electron chi connectivity index (χ1n) is 5.70. The van der Waals surface area contributed by atoms with Gasteiger partial charge in [0.2, 0.25) is 0 Å². The molecule has 0 aliphatic rings. The van der Waals surface area contributed by atoms with Gasteiger partial charge in [0.05, 0.1) is 0 Å². The molecule has 0 unspecified atom stereocenters. The Hall–Kier alpha value is -1.15. The summed E-state index contributed by atoms with van der Waals surface area (Å²) in [5.74, 6) is 0.190. The number of rotatable bonds is 4. The number of hydrogen-bond donors (Lipinski definition) is 1. The highest BCUT2D eigenvalue weighted by atomic mass is 16.1. The Balaban J connectivity index is 3.05. The van der Waals surface area contributed by atoms with Crippen LogP contribution >= 0.6 is 0 Å². The predicted octanol–water partition coefficient (Wildman–Crippen LogP) is 2.86. The van der Waals surface area contributed by atoms with Crippen LogP contribution in [-0.2, 0) is 0 Å². The molecule has 0 aliphatic carbocycles. The van der Waals surface area contributed by atoms with Gasteiger partial charge in [-0.2, -0.15) is 0 Å². The van der Waals surface area contributed by atoms with Crippen molar-refractivity contribution in [3.8, 4) is 0 Å². The molecule has 0 aliphatic heterocycles. The first-order chi connectivity index (χ1) is 7.38.